The first-order valence-electron chi connectivity index (χ1n) is 6.60. The summed E-state index contributed by atoms with van der Waals surface area (Å²) in [5.41, 5.74) is 5.71. The molecule has 2 aromatic rings. The van der Waals surface area contributed by atoms with Gasteiger partial charge in [0.1, 0.15) is 6.29 Å². The zero-order chi connectivity index (χ0) is 16.2. The third kappa shape index (κ3) is 2.88. The molecule has 22 heavy (non-hydrogen) atoms. The molecule has 0 aromatic heterocycles. The first-order chi connectivity index (χ1) is 10.5. The Balaban J connectivity index is 2.67. The van der Waals surface area contributed by atoms with Crippen LogP contribution in [0.2, 0.25) is 0 Å². The van der Waals surface area contributed by atoms with Crippen molar-refractivity contribution in [1.29, 1.82) is 0 Å². The van der Waals surface area contributed by atoms with Gasteiger partial charge in [-0.2, -0.15) is 0 Å². The summed E-state index contributed by atoms with van der Waals surface area (Å²) in [7, 11) is 0. The van der Waals surface area contributed by atoms with Crippen LogP contribution >= 0.6 is 0 Å². The molecule has 5 nitrogen and oxygen atoms in total. The Hall–Kier alpha value is -2.95. The maximum absolute atomic E-state index is 11.4. The van der Waals surface area contributed by atoms with Gasteiger partial charge in [0.15, 0.2) is 11.9 Å². The Morgan fingerprint density at radius 2 is 1.77 bits per heavy atom. The van der Waals surface area contributed by atoms with Crippen LogP contribution in [-0.4, -0.2) is 18.7 Å². The molecule has 1 atom stereocenters. The maximum Gasteiger partial charge on any atom is 0.405 e. The quantitative estimate of drug-likeness (QED) is 0.859. The largest absolute Gasteiger partial charge is 0.434 e. The van der Waals surface area contributed by atoms with Crippen LogP contribution in [0.5, 0.6) is 0 Å². The summed E-state index contributed by atoms with van der Waals surface area (Å²) in [6.07, 6.45) is 0.307. The van der Waals surface area contributed by atoms with E-state index in [-0.39, 0.29) is 5.56 Å². The van der Waals surface area contributed by atoms with E-state index in [2.05, 4.69) is 0 Å². The second kappa shape index (κ2) is 6.22. The minimum absolute atomic E-state index is 0.261. The summed E-state index contributed by atoms with van der Waals surface area (Å²) in [5.74, 6) is 0. The highest BCUT2D eigenvalue weighted by atomic mass is 16.6. The van der Waals surface area contributed by atoms with E-state index in [9.17, 15) is 14.4 Å². The van der Waals surface area contributed by atoms with E-state index in [0.717, 1.165) is 0 Å². The fourth-order valence-corrected chi connectivity index (χ4v) is 2.41. The highest BCUT2D eigenvalue weighted by Crippen LogP contribution is 2.35. The van der Waals surface area contributed by atoms with Crippen LogP contribution in [0, 0.1) is 0 Å². The Morgan fingerprint density at radius 3 is 2.32 bits per heavy atom. The first-order valence-corrected chi connectivity index (χ1v) is 6.60. The third-order valence-electron chi connectivity index (χ3n) is 3.48. The summed E-state index contributed by atoms with van der Waals surface area (Å²) in [4.78, 5) is 33.6. The molecule has 0 heterocycles. The van der Waals surface area contributed by atoms with Crippen LogP contribution in [-0.2, 0) is 10.3 Å². The topological polar surface area (TPSA) is 86.5 Å². The summed E-state index contributed by atoms with van der Waals surface area (Å²) in [6.45, 7) is 1.65. The Morgan fingerprint density at radius 1 is 1.09 bits per heavy atom. The zero-order valence-corrected chi connectivity index (χ0v) is 12.0. The molecule has 2 rings (SSSR count). The predicted molar refractivity (Wildman–Crippen MR) is 80.8 cm³/mol. The Labute approximate surface area is 127 Å². The van der Waals surface area contributed by atoms with Crippen LogP contribution < -0.4 is 5.73 Å². The molecule has 2 N–H and O–H groups in total. The molecule has 0 fully saturated rings. The zero-order valence-electron chi connectivity index (χ0n) is 12.0. The molecular weight excluding hydrogens is 282 g/mol. The molecule has 1 amide bonds. The van der Waals surface area contributed by atoms with Crippen molar-refractivity contribution in [2.45, 2.75) is 12.5 Å². The van der Waals surface area contributed by atoms with Crippen LogP contribution in [0.4, 0.5) is 4.79 Å². The van der Waals surface area contributed by atoms with Gasteiger partial charge in [0, 0.05) is 16.7 Å². The van der Waals surface area contributed by atoms with Crippen molar-refractivity contribution in [1.82, 2.24) is 0 Å². The monoisotopic (exact) mass is 297 g/mol. The lowest BCUT2D eigenvalue weighted by Crippen LogP contribution is -2.34. The van der Waals surface area contributed by atoms with E-state index in [1.165, 1.54) is 6.07 Å². The number of hydrogen-bond donors (Lipinski definition) is 1. The number of hydrogen-bond acceptors (Lipinski definition) is 4. The molecular formula is C17H15NO4. The van der Waals surface area contributed by atoms with E-state index in [0.29, 0.717) is 29.3 Å². The van der Waals surface area contributed by atoms with Gasteiger partial charge in [-0.15, -0.1) is 0 Å². The Kier molecular flexibility index (Phi) is 4.36. The maximum atomic E-state index is 11.4. The molecule has 0 aliphatic carbocycles. The molecule has 0 bridgehead atoms. The average Bonchev–Trinajstić information content (AvgIpc) is 2.54. The van der Waals surface area contributed by atoms with Crippen molar-refractivity contribution < 1.29 is 19.1 Å². The first kappa shape index (κ1) is 15.4. The molecule has 0 saturated carbocycles. The van der Waals surface area contributed by atoms with Crippen molar-refractivity contribution in [2.24, 2.45) is 5.73 Å². The Bertz CT molecular complexity index is 712. The SMILES string of the molecule is CC(OC(N)=O)(c1ccccc1)c1ccc(C=O)cc1C=O. The van der Waals surface area contributed by atoms with Gasteiger partial charge < -0.3 is 10.5 Å². The predicted octanol–water partition coefficient (Wildman–Crippen LogP) is 2.67. The van der Waals surface area contributed by atoms with Crippen molar-refractivity contribution in [3.63, 3.8) is 0 Å². The van der Waals surface area contributed by atoms with Gasteiger partial charge in [0.05, 0.1) is 0 Å². The van der Waals surface area contributed by atoms with Gasteiger partial charge in [0.25, 0.3) is 0 Å². The van der Waals surface area contributed by atoms with Crippen molar-refractivity contribution in [2.75, 3.05) is 0 Å². The van der Waals surface area contributed by atoms with E-state index >= 15 is 0 Å². The summed E-state index contributed by atoms with van der Waals surface area (Å²) in [5, 5.41) is 0. The number of carbonyl (C=O) groups is 3. The molecule has 0 saturated heterocycles. The van der Waals surface area contributed by atoms with Gasteiger partial charge in [-0.1, -0.05) is 42.5 Å². The number of amides is 1. The molecule has 112 valence electrons. The highest BCUT2D eigenvalue weighted by Gasteiger charge is 2.34. The van der Waals surface area contributed by atoms with Gasteiger partial charge in [-0.25, -0.2) is 4.79 Å². The minimum Gasteiger partial charge on any atom is -0.434 e. The number of nitrogens with two attached hydrogens (primary N) is 1. The highest BCUT2D eigenvalue weighted by molar-refractivity contribution is 5.84. The van der Waals surface area contributed by atoms with Gasteiger partial charge in [-0.3, -0.25) is 9.59 Å². The fourth-order valence-electron chi connectivity index (χ4n) is 2.41. The van der Waals surface area contributed by atoms with Gasteiger partial charge in [-0.05, 0) is 18.6 Å². The van der Waals surface area contributed by atoms with Gasteiger partial charge >= 0.3 is 6.09 Å². The van der Waals surface area contributed by atoms with Crippen LogP contribution in [0.1, 0.15) is 38.8 Å². The fraction of sp³-hybridized carbons (Fsp3) is 0.118. The molecule has 1 unspecified atom stereocenters. The molecule has 0 aliphatic heterocycles. The number of aldehydes is 2. The van der Waals surface area contributed by atoms with Crippen molar-refractivity contribution in [3.8, 4) is 0 Å². The number of rotatable bonds is 5. The van der Waals surface area contributed by atoms with Gasteiger partial charge in [0.2, 0.25) is 0 Å². The second-order valence-electron chi connectivity index (χ2n) is 4.90. The molecule has 2 aromatic carbocycles. The van der Waals surface area contributed by atoms with Crippen LogP contribution in [0.15, 0.2) is 48.5 Å². The second-order valence-corrected chi connectivity index (χ2v) is 4.90. The van der Waals surface area contributed by atoms with E-state index in [1.54, 1.807) is 43.3 Å². The lowest BCUT2D eigenvalue weighted by molar-refractivity contribution is 0.0587. The number of benzene rings is 2. The summed E-state index contributed by atoms with van der Waals surface area (Å²) < 4.78 is 5.32. The average molecular weight is 297 g/mol. The minimum atomic E-state index is -1.23. The number of carbonyl (C=O) groups excluding carboxylic acids is 3. The summed E-state index contributed by atoms with van der Waals surface area (Å²) >= 11 is 0. The smallest absolute Gasteiger partial charge is 0.405 e. The number of ether oxygens (including phenoxy) is 1. The molecule has 0 radical (unpaired) electrons. The lowest BCUT2D eigenvalue weighted by Gasteiger charge is -2.31. The van der Waals surface area contributed by atoms with Crippen LogP contribution in [0.3, 0.4) is 0 Å². The van der Waals surface area contributed by atoms with E-state index < -0.39 is 11.7 Å². The van der Waals surface area contributed by atoms with Crippen molar-refractivity contribution >= 4 is 18.7 Å². The number of primary amides is 1. The molecule has 0 spiro atoms. The molecule has 5 heteroatoms. The lowest BCUT2D eigenvalue weighted by atomic mass is 9.84. The standard InChI is InChI=1S/C17H15NO4/c1-17(22-16(18)21,14-5-3-2-4-6-14)15-8-7-12(10-19)9-13(15)11-20/h2-11H,1H3,(H2,18,21). The van der Waals surface area contributed by atoms with Crippen molar-refractivity contribution in [3.05, 3.63) is 70.8 Å². The van der Waals surface area contributed by atoms with E-state index in [1.807, 2.05) is 6.07 Å². The normalized spacial score (nSPS) is 13.0. The summed E-state index contributed by atoms with van der Waals surface area (Å²) in [6, 6.07) is 13.5. The van der Waals surface area contributed by atoms with E-state index in [4.69, 9.17) is 10.5 Å². The third-order valence-corrected chi connectivity index (χ3v) is 3.48. The van der Waals surface area contributed by atoms with Crippen LogP contribution in [0.25, 0.3) is 0 Å². The molecule has 0 aliphatic rings.